The van der Waals surface area contributed by atoms with Crippen LogP contribution in [0.3, 0.4) is 0 Å². The van der Waals surface area contributed by atoms with Crippen LogP contribution in [0, 0.1) is 5.82 Å². The molecule has 9 heteroatoms. The summed E-state index contributed by atoms with van der Waals surface area (Å²) >= 11 is 5.95. The van der Waals surface area contributed by atoms with Gasteiger partial charge in [-0.15, -0.1) is 0 Å². The normalized spacial score (nSPS) is 19.8. The highest BCUT2D eigenvalue weighted by Crippen LogP contribution is 2.29. The smallest absolute Gasteiger partial charge is 0.329 e. The van der Waals surface area contributed by atoms with Gasteiger partial charge in [0.25, 0.3) is 0 Å². The fourth-order valence-electron chi connectivity index (χ4n) is 5.02. The second-order valence-corrected chi connectivity index (χ2v) is 10.1. The molecule has 2 saturated heterocycles. The van der Waals surface area contributed by atoms with Gasteiger partial charge in [-0.2, -0.15) is 0 Å². The summed E-state index contributed by atoms with van der Waals surface area (Å²) in [7, 11) is 1.77. The van der Waals surface area contributed by atoms with E-state index in [4.69, 9.17) is 16.3 Å². The van der Waals surface area contributed by atoms with Crippen LogP contribution < -0.4 is 11.0 Å². The molecule has 2 fully saturated rings. The third-order valence-electron chi connectivity index (χ3n) is 6.77. The Balaban J connectivity index is 1.40. The van der Waals surface area contributed by atoms with Crippen molar-refractivity contribution in [3.8, 4) is 0 Å². The SMILES string of the molecule is Cn1c(=O)n([C@H]2CCCN(C(=O)Cc3cc(F)cc(Cl)c3)C2)c2cc(NC3(C)COC3)ccc21. The van der Waals surface area contributed by atoms with Crippen LogP contribution in [0.4, 0.5) is 10.1 Å². The molecule has 0 aliphatic carbocycles. The lowest BCUT2D eigenvalue weighted by Gasteiger charge is -2.39. The number of imidazole rings is 1. The molecule has 0 radical (unpaired) electrons. The van der Waals surface area contributed by atoms with Crippen LogP contribution in [-0.4, -0.2) is 51.8 Å². The number of benzene rings is 2. The zero-order chi connectivity index (χ0) is 24.0. The number of likely N-dealkylation sites (tertiary alicyclic amines) is 1. The molecule has 3 heterocycles. The average molecular weight is 487 g/mol. The van der Waals surface area contributed by atoms with Gasteiger partial charge in [-0.05, 0) is 61.7 Å². The number of halogens is 2. The predicted octanol–water partition coefficient (Wildman–Crippen LogP) is 3.74. The van der Waals surface area contributed by atoms with Crippen molar-refractivity contribution in [3.63, 3.8) is 0 Å². The summed E-state index contributed by atoms with van der Waals surface area (Å²) in [5.74, 6) is -0.555. The van der Waals surface area contributed by atoms with Gasteiger partial charge in [0, 0.05) is 30.8 Å². The van der Waals surface area contributed by atoms with Crippen molar-refractivity contribution < 1.29 is 13.9 Å². The van der Waals surface area contributed by atoms with Gasteiger partial charge in [-0.1, -0.05) is 11.6 Å². The lowest BCUT2D eigenvalue weighted by atomic mass is 10.00. The summed E-state index contributed by atoms with van der Waals surface area (Å²) in [6.07, 6.45) is 1.66. The maximum absolute atomic E-state index is 13.7. The molecule has 7 nitrogen and oxygen atoms in total. The molecule has 0 spiro atoms. The molecule has 1 aromatic heterocycles. The van der Waals surface area contributed by atoms with E-state index in [0.29, 0.717) is 31.9 Å². The van der Waals surface area contributed by atoms with Crippen molar-refractivity contribution in [1.29, 1.82) is 0 Å². The Hall–Kier alpha value is -2.84. The molecule has 1 amide bonds. The first-order valence-electron chi connectivity index (χ1n) is 11.5. The summed E-state index contributed by atoms with van der Waals surface area (Å²) in [6, 6.07) is 9.98. The van der Waals surface area contributed by atoms with Crippen LogP contribution >= 0.6 is 11.6 Å². The molecule has 5 rings (SSSR count). The van der Waals surface area contributed by atoms with Gasteiger partial charge in [0.2, 0.25) is 5.91 Å². The van der Waals surface area contributed by atoms with Gasteiger partial charge in [0.05, 0.1) is 42.2 Å². The Kier molecular flexibility index (Phi) is 5.90. The Morgan fingerprint density at radius 1 is 1.24 bits per heavy atom. The molecule has 1 N–H and O–H groups in total. The highest BCUT2D eigenvalue weighted by molar-refractivity contribution is 6.30. The van der Waals surface area contributed by atoms with E-state index in [-0.39, 0.29) is 34.6 Å². The minimum atomic E-state index is -0.458. The molecular formula is C25H28ClFN4O3. The van der Waals surface area contributed by atoms with E-state index in [0.717, 1.165) is 29.6 Å². The van der Waals surface area contributed by atoms with E-state index in [9.17, 15) is 14.0 Å². The predicted molar refractivity (Wildman–Crippen MR) is 130 cm³/mol. The van der Waals surface area contributed by atoms with Gasteiger partial charge in [-0.25, -0.2) is 9.18 Å². The zero-order valence-electron chi connectivity index (χ0n) is 19.3. The third kappa shape index (κ3) is 4.32. The number of carbonyl (C=O) groups is 1. The molecule has 2 aromatic carbocycles. The minimum Gasteiger partial charge on any atom is -0.376 e. The molecule has 2 aliphatic heterocycles. The molecule has 0 bridgehead atoms. The summed E-state index contributed by atoms with van der Waals surface area (Å²) in [5, 5.41) is 3.79. The van der Waals surface area contributed by atoms with Crippen molar-refractivity contribution >= 4 is 34.2 Å². The number of amides is 1. The number of anilines is 1. The van der Waals surface area contributed by atoms with Crippen LogP contribution in [0.25, 0.3) is 11.0 Å². The molecule has 3 aromatic rings. The highest BCUT2D eigenvalue weighted by Gasteiger charge is 2.33. The van der Waals surface area contributed by atoms with Gasteiger partial charge >= 0.3 is 5.69 Å². The topological polar surface area (TPSA) is 68.5 Å². The van der Waals surface area contributed by atoms with Crippen molar-refractivity contribution in [2.75, 3.05) is 31.6 Å². The van der Waals surface area contributed by atoms with Gasteiger partial charge in [-0.3, -0.25) is 13.9 Å². The van der Waals surface area contributed by atoms with E-state index < -0.39 is 5.82 Å². The number of fused-ring (bicyclic) bond motifs is 1. The van der Waals surface area contributed by atoms with Crippen molar-refractivity contribution in [1.82, 2.24) is 14.0 Å². The largest absolute Gasteiger partial charge is 0.376 e. The second-order valence-electron chi connectivity index (χ2n) is 9.68. The number of piperidine rings is 1. The second kappa shape index (κ2) is 8.74. The quantitative estimate of drug-likeness (QED) is 0.596. The van der Waals surface area contributed by atoms with E-state index >= 15 is 0 Å². The van der Waals surface area contributed by atoms with Crippen molar-refractivity contribution in [2.24, 2.45) is 7.05 Å². The number of ether oxygens (including phenoxy) is 1. The summed E-state index contributed by atoms with van der Waals surface area (Å²) in [6.45, 7) is 4.44. The first-order chi connectivity index (χ1) is 16.2. The maximum atomic E-state index is 13.7. The van der Waals surface area contributed by atoms with E-state index in [1.165, 1.54) is 12.1 Å². The van der Waals surface area contributed by atoms with Crippen LogP contribution in [0.1, 0.15) is 31.4 Å². The first-order valence-corrected chi connectivity index (χ1v) is 11.9. The zero-order valence-corrected chi connectivity index (χ0v) is 20.1. The van der Waals surface area contributed by atoms with Crippen molar-refractivity contribution in [3.05, 3.63) is 63.3 Å². The number of aryl methyl sites for hydroxylation is 1. The summed E-state index contributed by atoms with van der Waals surface area (Å²) < 4.78 is 22.5. The van der Waals surface area contributed by atoms with Gasteiger partial charge in [0.1, 0.15) is 5.82 Å². The van der Waals surface area contributed by atoms with Crippen LogP contribution in [0.15, 0.2) is 41.2 Å². The highest BCUT2D eigenvalue weighted by atomic mass is 35.5. The first kappa shape index (κ1) is 22.9. The third-order valence-corrected chi connectivity index (χ3v) is 6.99. The van der Waals surface area contributed by atoms with Crippen LogP contribution in [0.2, 0.25) is 5.02 Å². The Morgan fingerprint density at radius 3 is 2.74 bits per heavy atom. The van der Waals surface area contributed by atoms with E-state index in [2.05, 4.69) is 12.2 Å². The Labute approximate surface area is 202 Å². The lowest BCUT2D eigenvalue weighted by molar-refractivity contribution is -0.132. The van der Waals surface area contributed by atoms with Gasteiger partial charge < -0.3 is 15.0 Å². The fourth-order valence-corrected chi connectivity index (χ4v) is 5.26. The van der Waals surface area contributed by atoms with Crippen LogP contribution in [0.5, 0.6) is 0 Å². The van der Waals surface area contributed by atoms with Crippen molar-refractivity contribution in [2.45, 2.75) is 37.8 Å². The summed E-state index contributed by atoms with van der Waals surface area (Å²) in [5.41, 5.74) is 2.97. The number of aromatic nitrogens is 2. The maximum Gasteiger partial charge on any atom is 0.329 e. The number of nitrogens with zero attached hydrogens (tertiary/aromatic N) is 3. The van der Waals surface area contributed by atoms with E-state index in [1.807, 2.05) is 22.8 Å². The number of hydrogen-bond acceptors (Lipinski definition) is 4. The number of rotatable bonds is 5. The lowest BCUT2D eigenvalue weighted by Crippen LogP contribution is -2.53. The fraction of sp³-hybridized carbons (Fsp3) is 0.440. The molecule has 2 aliphatic rings. The standard InChI is InChI=1S/C25H28ClFN4O3/c1-25(14-34-15-25)28-19-5-6-21-22(12-19)31(24(33)29(21)2)20-4-3-7-30(13-20)23(32)10-16-8-17(26)11-18(27)9-16/h5-6,8-9,11-12,20,28H,3-4,7,10,13-15H2,1-2H3/t20-/m0/s1. The van der Waals surface area contributed by atoms with E-state index in [1.54, 1.807) is 22.6 Å². The Bertz CT molecular complexity index is 1290. The molecule has 180 valence electrons. The van der Waals surface area contributed by atoms with Gasteiger partial charge in [0.15, 0.2) is 0 Å². The molecule has 0 unspecified atom stereocenters. The minimum absolute atomic E-state index is 0.0728. The number of hydrogen-bond donors (Lipinski definition) is 1. The monoisotopic (exact) mass is 486 g/mol. The summed E-state index contributed by atoms with van der Waals surface area (Å²) in [4.78, 5) is 28.0. The molecule has 1 atom stereocenters. The average Bonchev–Trinajstić information content (AvgIpc) is 3.01. The molecular weight excluding hydrogens is 459 g/mol. The Morgan fingerprint density at radius 2 is 2.03 bits per heavy atom. The number of nitrogens with one attached hydrogen (secondary N) is 1. The van der Waals surface area contributed by atoms with Crippen LogP contribution in [-0.2, 0) is 23.0 Å². The molecule has 34 heavy (non-hydrogen) atoms. The number of carbonyl (C=O) groups excluding carboxylic acids is 1. The molecule has 0 saturated carbocycles.